The van der Waals surface area contributed by atoms with Crippen LogP contribution in [0.1, 0.15) is 17.2 Å². The summed E-state index contributed by atoms with van der Waals surface area (Å²) in [4.78, 5) is 0. The van der Waals surface area contributed by atoms with Crippen LogP contribution in [0, 0.1) is 0 Å². The molecule has 2 aromatic carbocycles. The number of rotatable bonds is 3. The second-order valence-electron chi connectivity index (χ2n) is 3.79. The molecule has 0 spiro atoms. The molecule has 3 N–H and O–H groups in total. The van der Waals surface area contributed by atoms with Crippen molar-refractivity contribution in [1.29, 1.82) is 0 Å². The summed E-state index contributed by atoms with van der Waals surface area (Å²) >= 11 is 15.6. The minimum Gasteiger partial charge on any atom is -0.271 e. The topological polar surface area (TPSA) is 38.0 Å². The first-order chi connectivity index (χ1) is 8.63. The molecule has 0 aromatic heterocycles. The summed E-state index contributed by atoms with van der Waals surface area (Å²) in [5.41, 5.74) is 4.69. The zero-order valence-corrected chi connectivity index (χ0v) is 12.4. The van der Waals surface area contributed by atoms with E-state index in [-0.39, 0.29) is 6.04 Å². The van der Waals surface area contributed by atoms with Crippen molar-refractivity contribution in [3.8, 4) is 0 Å². The first kappa shape index (κ1) is 13.8. The highest BCUT2D eigenvalue weighted by Crippen LogP contribution is 2.33. The maximum absolute atomic E-state index is 6.28. The van der Waals surface area contributed by atoms with Gasteiger partial charge in [0.25, 0.3) is 0 Å². The molecule has 0 heterocycles. The van der Waals surface area contributed by atoms with Gasteiger partial charge in [-0.25, -0.2) is 5.43 Å². The number of hydrogen-bond acceptors (Lipinski definition) is 2. The van der Waals surface area contributed by atoms with Crippen molar-refractivity contribution < 1.29 is 0 Å². The lowest BCUT2D eigenvalue weighted by Gasteiger charge is -2.18. The van der Waals surface area contributed by atoms with Gasteiger partial charge in [-0.05, 0) is 45.3 Å². The Balaban J connectivity index is 2.45. The predicted molar refractivity (Wildman–Crippen MR) is 79.8 cm³/mol. The number of hydrazine groups is 1. The Hall–Kier alpha value is -0.580. The minimum absolute atomic E-state index is 0.174. The molecule has 18 heavy (non-hydrogen) atoms. The highest BCUT2D eigenvalue weighted by Gasteiger charge is 2.16. The average molecular weight is 346 g/mol. The van der Waals surface area contributed by atoms with Gasteiger partial charge in [-0.1, -0.05) is 47.5 Å². The van der Waals surface area contributed by atoms with Crippen molar-refractivity contribution in [1.82, 2.24) is 5.43 Å². The molecule has 5 heteroatoms. The number of nitrogens with one attached hydrogen (secondary N) is 1. The van der Waals surface area contributed by atoms with Crippen molar-refractivity contribution in [3.05, 3.63) is 68.1 Å². The Kier molecular flexibility index (Phi) is 4.65. The summed E-state index contributed by atoms with van der Waals surface area (Å²) in [6.07, 6.45) is 0. The number of benzene rings is 2. The van der Waals surface area contributed by atoms with Crippen LogP contribution in [0.25, 0.3) is 0 Å². The molecule has 2 aromatic rings. The fraction of sp³-hybridized carbons (Fsp3) is 0.0769. The second-order valence-corrected chi connectivity index (χ2v) is 5.46. The van der Waals surface area contributed by atoms with Gasteiger partial charge in [0, 0.05) is 9.50 Å². The number of halogens is 3. The molecule has 0 aliphatic heterocycles. The number of nitrogens with two attached hydrogens (primary N) is 1. The molecule has 0 saturated carbocycles. The van der Waals surface area contributed by atoms with E-state index in [1.54, 1.807) is 0 Å². The molecular formula is C13H11BrCl2N2. The van der Waals surface area contributed by atoms with Gasteiger partial charge < -0.3 is 0 Å². The van der Waals surface area contributed by atoms with Crippen LogP contribution in [0.3, 0.4) is 0 Å². The fourth-order valence-corrected chi connectivity index (χ4v) is 2.51. The SMILES string of the molecule is NNC(c1ccc(Cl)cc1)c1cccc(Br)c1Cl. The van der Waals surface area contributed by atoms with Crippen molar-refractivity contribution >= 4 is 39.1 Å². The van der Waals surface area contributed by atoms with Gasteiger partial charge in [-0.3, -0.25) is 5.84 Å². The maximum atomic E-state index is 6.28. The standard InChI is InChI=1S/C13H11BrCl2N2/c14-11-3-1-2-10(12(11)16)13(18-17)8-4-6-9(15)7-5-8/h1-7,13,18H,17H2. The quantitative estimate of drug-likeness (QED) is 0.642. The molecule has 0 fully saturated rings. The van der Waals surface area contributed by atoms with Gasteiger partial charge >= 0.3 is 0 Å². The van der Waals surface area contributed by atoms with Crippen molar-refractivity contribution in [2.24, 2.45) is 5.84 Å². The predicted octanol–water partition coefficient (Wildman–Crippen LogP) is 4.31. The van der Waals surface area contributed by atoms with Crippen LogP contribution in [0.15, 0.2) is 46.9 Å². The van der Waals surface area contributed by atoms with Crippen LogP contribution in [-0.2, 0) is 0 Å². The van der Waals surface area contributed by atoms with E-state index in [0.29, 0.717) is 10.0 Å². The van der Waals surface area contributed by atoms with E-state index < -0.39 is 0 Å². The summed E-state index contributed by atoms with van der Waals surface area (Å²) in [6, 6.07) is 13.1. The molecule has 0 amide bonds. The molecule has 2 nitrogen and oxygen atoms in total. The highest BCUT2D eigenvalue weighted by atomic mass is 79.9. The van der Waals surface area contributed by atoms with Gasteiger partial charge in [-0.15, -0.1) is 0 Å². The van der Waals surface area contributed by atoms with Crippen LogP contribution in [0.5, 0.6) is 0 Å². The maximum Gasteiger partial charge on any atom is 0.0724 e. The number of hydrogen-bond donors (Lipinski definition) is 2. The lowest BCUT2D eigenvalue weighted by atomic mass is 9.99. The molecule has 2 rings (SSSR count). The Morgan fingerprint density at radius 1 is 1.06 bits per heavy atom. The summed E-state index contributed by atoms with van der Waals surface area (Å²) in [7, 11) is 0. The largest absolute Gasteiger partial charge is 0.271 e. The first-order valence-corrected chi connectivity index (χ1v) is 6.84. The van der Waals surface area contributed by atoms with Gasteiger partial charge in [0.05, 0.1) is 11.1 Å². The summed E-state index contributed by atoms with van der Waals surface area (Å²) in [5, 5.41) is 1.34. The van der Waals surface area contributed by atoms with E-state index in [1.165, 1.54) is 0 Å². The summed E-state index contributed by atoms with van der Waals surface area (Å²) in [6.45, 7) is 0. The molecule has 1 atom stereocenters. The third-order valence-corrected chi connectivity index (χ3v) is 4.23. The van der Waals surface area contributed by atoms with E-state index in [2.05, 4.69) is 21.4 Å². The molecule has 94 valence electrons. The minimum atomic E-state index is -0.174. The lowest BCUT2D eigenvalue weighted by molar-refractivity contribution is 0.637. The third-order valence-electron chi connectivity index (χ3n) is 2.66. The van der Waals surface area contributed by atoms with Crippen LogP contribution in [0.4, 0.5) is 0 Å². The average Bonchev–Trinajstić information content (AvgIpc) is 2.37. The molecule has 0 aliphatic carbocycles. The zero-order valence-electron chi connectivity index (χ0n) is 9.33. The highest BCUT2D eigenvalue weighted by molar-refractivity contribution is 9.10. The van der Waals surface area contributed by atoms with Crippen molar-refractivity contribution in [2.75, 3.05) is 0 Å². The van der Waals surface area contributed by atoms with Gasteiger partial charge in [0.1, 0.15) is 0 Å². The van der Waals surface area contributed by atoms with Crippen molar-refractivity contribution in [2.45, 2.75) is 6.04 Å². The van der Waals surface area contributed by atoms with Crippen LogP contribution < -0.4 is 11.3 Å². The van der Waals surface area contributed by atoms with Gasteiger partial charge in [-0.2, -0.15) is 0 Å². The van der Waals surface area contributed by atoms with Crippen LogP contribution >= 0.6 is 39.1 Å². The third kappa shape index (κ3) is 2.87. The van der Waals surface area contributed by atoms with E-state index >= 15 is 0 Å². The van der Waals surface area contributed by atoms with Crippen LogP contribution in [-0.4, -0.2) is 0 Å². The fourth-order valence-electron chi connectivity index (χ4n) is 1.76. The summed E-state index contributed by atoms with van der Waals surface area (Å²) < 4.78 is 0.843. The second kappa shape index (κ2) is 6.04. The molecule has 0 bridgehead atoms. The Bertz CT molecular complexity index is 543. The Morgan fingerprint density at radius 3 is 2.33 bits per heavy atom. The van der Waals surface area contributed by atoms with E-state index in [1.807, 2.05) is 42.5 Å². The molecule has 0 saturated heterocycles. The van der Waals surface area contributed by atoms with Crippen molar-refractivity contribution in [3.63, 3.8) is 0 Å². The lowest BCUT2D eigenvalue weighted by Crippen LogP contribution is -2.29. The molecular weight excluding hydrogens is 335 g/mol. The monoisotopic (exact) mass is 344 g/mol. The van der Waals surface area contributed by atoms with E-state index in [9.17, 15) is 0 Å². The normalized spacial score (nSPS) is 12.4. The summed E-state index contributed by atoms with van der Waals surface area (Å²) in [5.74, 6) is 5.64. The Labute approximate surface area is 124 Å². The molecule has 0 radical (unpaired) electrons. The van der Waals surface area contributed by atoms with E-state index in [4.69, 9.17) is 29.0 Å². The first-order valence-electron chi connectivity index (χ1n) is 5.29. The van der Waals surface area contributed by atoms with Crippen LogP contribution in [0.2, 0.25) is 10.0 Å². The Morgan fingerprint density at radius 2 is 1.72 bits per heavy atom. The van der Waals surface area contributed by atoms with E-state index in [0.717, 1.165) is 15.6 Å². The molecule has 1 unspecified atom stereocenters. The van der Waals surface area contributed by atoms with Gasteiger partial charge in [0.15, 0.2) is 0 Å². The molecule has 0 aliphatic rings. The van der Waals surface area contributed by atoms with Gasteiger partial charge in [0.2, 0.25) is 0 Å². The zero-order chi connectivity index (χ0) is 13.1. The smallest absolute Gasteiger partial charge is 0.0724 e.